The van der Waals surface area contributed by atoms with Gasteiger partial charge in [0.2, 0.25) is 5.88 Å². The predicted molar refractivity (Wildman–Crippen MR) is 98.9 cm³/mol. The minimum absolute atomic E-state index is 0.0339. The molecule has 6 nitrogen and oxygen atoms in total. The van der Waals surface area contributed by atoms with Crippen LogP contribution in [-0.2, 0) is 0 Å². The Labute approximate surface area is 149 Å². The van der Waals surface area contributed by atoms with E-state index in [2.05, 4.69) is 33.6 Å². The molecule has 3 rings (SSSR count). The van der Waals surface area contributed by atoms with Gasteiger partial charge in [-0.25, -0.2) is 9.78 Å². The highest BCUT2D eigenvalue weighted by Crippen LogP contribution is 2.23. The summed E-state index contributed by atoms with van der Waals surface area (Å²) in [4.78, 5) is 18.7. The number of hydrogen-bond acceptors (Lipinski definition) is 4. The van der Waals surface area contributed by atoms with Crippen LogP contribution in [0.3, 0.4) is 0 Å². The molecule has 1 aromatic rings. The normalized spacial score (nSPS) is 20.0. The molecule has 0 aromatic carbocycles. The van der Waals surface area contributed by atoms with Crippen molar-refractivity contribution in [3.63, 3.8) is 0 Å². The quantitative estimate of drug-likeness (QED) is 0.805. The summed E-state index contributed by atoms with van der Waals surface area (Å²) in [5.41, 5.74) is 1.95. The maximum atomic E-state index is 12.2. The van der Waals surface area contributed by atoms with Crippen molar-refractivity contribution in [1.29, 1.82) is 0 Å². The van der Waals surface area contributed by atoms with Gasteiger partial charge in [-0.15, -0.1) is 0 Å². The van der Waals surface area contributed by atoms with Crippen molar-refractivity contribution in [1.82, 2.24) is 15.2 Å². The average molecular weight is 344 g/mol. The lowest BCUT2D eigenvalue weighted by Gasteiger charge is -2.26. The maximum Gasteiger partial charge on any atom is 0.319 e. The second-order valence-electron chi connectivity index (χ2n) is 7.02. The van der Waals surface area contributed by atoms with Gasteiger partial charge in [-0.1, -0.05) is 6.08 Å². The number of carbonyl (C=O) groups is 1. The van der Waals surface area contributed by atoms with E-state index in [-0.39, 0.29) is 12.1 Å². The molecular weight excluding hydrogens is 316 g/mol. The number of nitrogens with zero attached hydrogens (tertiary/aromatic N) is 2. The number of pyridine rings is 1. The van der Waals surface area contributed by atoms with E-state index in [1.54, 1.807) is 6.20 Å². The Morgan fingerprint density at radius 3 is 2.80 bits per heavy atom. The predicted octanol–water partition coefficient (Wildman–Crippen LogP) is 3.17. The van der Waals surface area contributed by atoms with Gasteiger partial charge < -0.3 is 20.3 Å². The summed E-state index contributed by atoms with van der Waals surface area (Å²) in [6.45, 7) is 3.99. The number of likely N-dealkylation sites (N-methyl/N-ethyl adjacent to an activating group) is 1. The van der Waals surface area contributed by atoms with Crippen LogP contribution >= 0.6 is 0 Å². The zero-order valence-electron chi connectivity index (χ0n) is 15.1. The molecule has 0 bridgehead atoms. The average Bonchev–Trinajstić information content (AvgIpc) is 3.10. The highest BCUT2D eigenvalue weighted by Gasteiger charge is 2.18. The Balaban J connectivity index is 1.47. The minimum atomic E-state index is -0.210. The summed E-state index contributed by atoms with van der Waals surface area (Å²) in [5.74, 6) is 0.628. The van der Waals surface area contributed by atoms with E-state index in [0.29, 0.717) is 17.7 Å². The SMILES string of the molecule is CC(NC(=O)Nc1ccc(OC2CCCC2)nc1)C1=CCN(C)CC1. The molecule has 2 amide bonds. The van der Waals surface area contributed by atoms with Crippen LogP contribution in [0.2, 0.25) is 0 Å². The number of anilines is 1. The first-order valence-electron chi connectivity index (χ1n) is 9.18. The number of ether oxygens (including phenoxy) is 1. The second-order valence-corrected chi connectivity index (χ2v) is 7.02. The van der Waals surface area contributed by atoms with Gasteiger partial charge in [-0.3, -0.25) is 0 Å². The van der Waals surface area contributed by atoms with Gasteiger partial charge in [0.25, 0.3) is 0 Å². The van der Waals surface area contributed by atoms with Gasteiger partial charge in [-0.2, -0.15) is 0 Å². The first-order chi connectivity index (χ1) is 12.1. The highest BCUT2D eigenvalue weighted by molar-refractivity contribution is 5.89. The molecular formula is C19H28N4O2. The fourth-order valence-electron chi connectivity index (χ4n) is 3.34. The molecule has 0 radical (unpaired) electrons. The van der Waals surface area contributed by atoms with Crippen molar-refractivity contribution in [3.8, 4) is 5.88 Å². The Bertz CT molecular complexity index is 608. The number of amides is 2. The molecule has 2 heterocycles. The number of aromatic nitrogens is 1. The van der Waals surface area contributed by atoms with Gasteiger partial charge in [0.15, 0.2) is 0 Å². The molecule has 0 spiro atoms. The standard InChI is InChI=1S/C19H28N4O2/c1-14(15-9-11-23(2)12-10-15)21-19(24)22-16-7-8-18(20-13-16)25-17-5-3-4-6-17/h7-9,13-14,17H,3-6,10-12H2,1-2H3,(H2,21,22,24). The summed E-state index contributed by atoms with van der Waals surface area (Å²) in [7, 11) is 2.10. The van der Waals surface area contributed by atoms with E-state index >= 15 is 0 Å². The third-order valence-corrected chi connectivity index (χ3v) is 4.93. The molecule has 1 fully saturated rings. The lowest BCUT2D eigenvalue weighted by molar-refractivity contribution is 0.201. The fourth-order valence-corrected chi connectivity index (χ4v) is 3.34. The van der Waals surface area contributed by atoms with Crippen LogP contribution in [0, 0.1) is 0 Å². The van der Waals surface area contributed by atoms with Crippen LogP contribution in [0.1, 0.15) is 39.0 Å². The second kappa shape index (κ2) is 8.34. The summed E-state index contributed by atoms with van der Waals surface area (Å²) in [5, 5.41) is 5.83. The van der Waals surface area contributed by atoms with Gasteiger partial charge in [0.05, 0.1) is 11.9 Å². The van der Waals surface area contributed by atoms with Gasteiger partial charge in [-0.05, 0) is 57.7 Å². The van der Waals surface area contributed by atoms with E-state index in [1.165, 1.54) is 18.4 Å². The Morgan fingerprint density at radius 2 is 2.16 bits per heavy atom. The molecule has 136 valence electrons. The molecule has 1 aliphatic carbocycles. The number of urea groups is 1. The van der Waals surface area contributed by atoms with Gasteiger partial charge in [0.1, 0.15) is 6.10 Å². The fraction of sp³-hybridized carbons (Fsp3) is 0.579. The van der Waals surface area contributed by atoms with Crippen LogP contribution in [0.4, 0.5) is 10.5 Å². The summed E-state index contributed by atoms with van der Waals surface area (Å²) in [6.07, 6.45) is 9.80. The van der Waals surface area contributed by atoms with Crippen molar-refractivity contribution in [2.75, 3.05) is 25.5 Å². The van der Waals surface area contributed by atoms with Crippen LogP contribution < -0.4 is 15.4 Å². The Hall–Kier alpha value is -2.08. The molecule has 6 heteroatoms. The molecule has 1 aromatic heterocycles. The summed E-state index contributed by atoms with van der Waals surface area (Å²) >= 11 is 0. The number of hydrogen-bond donors (Lipinski definition) is 2. The minimum Gasteiger partial charge on any atom is -0.474 e. The van der Waals surface area contributed by atoms with E-state index in [9.17, 15) is 4.79 Å². The van der Waals surface area contributed by atoms with Gasteiger partial charge in [0, 0.05) is 25.2 Å². The highest BCUT2D eigenvalue weighted by atomic mass is 16.5. The lowest BCUT2D eigenvalue weighted by atomic mass is 10.0. The number of nitrogens with one attached hydrogen (secondary N) is 2. The van der Waals surface area contributed by atoms with Crippen LogP contribution in [-0.4, -0.2) is 48.2 Å². The van der Waals surface area contributed by atoms with Crippen molar-refractivity contribution >= 4 is 11.7 Å². The third kappa shape index (κ3) is 5.19. The Kier molecular flexibility index (Phi) is 5.91. The molecule has 1 unspecified atom stereocenters. The van der Waals surface area contributed by atoms with Crippen LogP contribution in [0.25, 0.3) is 0 Å². The van der Waals surface area contributed by atoms with Crippen molar-refractivity contribution in [3.05, 3.63) is 30.0 Å². The largest absolute Gasteiger partial charge is 0.474 e. The molecule has 2 N–H and O–H groups in total. The van der Waals surface area contributed by atoms with Crippen molar-refractivity contribution in [2.24, 2.45) is 0 Å². The Morgan fingerprint density at radius 1 is 1.36 bits per heavy atom. The molecule has 1 atom stereocenters. The van der Waals surface area contributed by atoms with Crippen LogP contribution in [0.15, 0.2) is 30.0 Å². The summed E-state index contributed by atoms with van der Waals surface area (Å²) < 4.78 is 5.84. The monoisotopic (exact) mass is 344 g/mol. The molecule has 1 saturated carbocycles. The smallest absolute Gasteiger partial charge is 0.319 e. The molecule has 25 heavy (non-hydrogen) atoms. The van der Waals surface area contributed by atoms with E-state index < -0.39 is 0 Å². The molecule has 2 aliphatic rings. The zero-order valence-corrected chi connectivity index (χ0v) is 15.1. The third-order valence-electron chi connectivity index (χ3n) is 4.93. The van der Waals surface area contributed by atoms with Crippen molar-refractivity contribution < 1.29 is 9.53 Å². The van der Waals surface area contributed by atoms with Crippen LogP contribution in [0.5, 0.6) is 5.88 Å². The first kappa shape index (κ1) is 17.7. The topological polar surface area (TPSA) is 66.5 Å². The molecule has 1 aliphatic heterocycles. The van der Waals surface area contributed by atoms with Gasteiger partial charge >= 0.3 is 6.03 Å². The summed E-state index contributed by atoms with van der Waals surface area (Å²) in [6, 6.07) is 3.47. The molecule has 0 saturated heterocycles. The van der Waals surface area contributed by atoms with E-state index in [1.807, 2.05) is 19.1 Å². The maximum absolute atomic E-state index is 12.2. The van der Waals surface area contributed by atoms with Crippen molar-refractivity contribution in [2.45, 2.75) is 51.2 Å². The lowest BCUT2D eigenvalue weighted by Crippen LogP contribution is -2.39. The first-order valence-corrected chi connectivity index (χ1v) is 9.18. The van der Waals surface area contributed by atoms with E-state index in [4.69, 9.17) is 4.74 Å². The number of carbonyl (C=O) groups excluding carboxylic acids is 1. The van der Waals surface area contributed by atoms with E-state index in [0.717, 1.165) is 32.4 Å². The number of rotatable bonds is 5. The zero-order chi connectivity index (χ0) is 17.6.